The molecule has 1 amide bonds. The highest BCUT2D eigenvalue weighted by Gasteiger charge is 2.51. The first-order valence-electron chi connectivity index (χ1n) is 6.01. The molecule has 1 aliphatic rings. The summed E-state index contributed by atoms with van der Waals surface area (Å²) in [6.45, 7) is 1.80. The highest BCUT2D eigenvalue weighted by Crippen LogP contribution is 2.48. The molecule has 92 valence electrons. The average molecular weight is 242 g/mol. The second kappa shape index (κ2) is 3.98. The largest absolute Gasteiger partial charge is 0.360 e. The monoisotopic (exact) mass is 242 g/mol. The predicted molar refractivity (Wildman–Crippen MR) is 67.2 cm³/mol. The third-order valence-corrected chi connectivity index (χ3v) is 3.38. The van der Waals surface area contributed by atoms with Crippen molar-refractivity contribution in [2.75, 3.05) is 5.32 Å². The van der Waals surface area contributed by atoms with Gasteiger partial charge in [-0.1, -0.05) is 35.5 Å². The Morgan fingerprint density at radius 2 is 2.06 bits per heavy atom. The highest BCUT2D eigenvalue weighted by atomic mass is 16.5. The van der Waals surface area contributed by atoms with E-state index >= 15 is 0 Å². The van der Waals surface area contributed by atoms with Crippen LogP contribution in [-0.4, -0.2) is 11.1 Å². The van der Waals surface area contributed by atoms with Crippen LogP contribution in [0.3, 0.4) is 0 Å². The Hall–Kier alpha value is -2.10. The molecule has 0 spiro atoms. The van der Waals surface area contributed by atoms with Crippen LogP contribution in [0, 0.1) is 6.92 Å². The molecule has 1 heterocycles. The van der Waals surface area contributed by atoms with Gasteiger partial charge in [0, 0.05) is 6.07 Å². The quantitative estimate of drug-likeness (QED) is 0.900. The van der Waals surface area contributed by atoms with E-state index in [-0.39, 0.29) is 11.3 Å². The van der Waals surface area contributed by atoms with Crippen molar-refractivity contribution in [1.29, 1.82) is 0 Å². The SMILES string of the molecule is Cc1cc(NC(=O)C2(c3ccccc3)CC2)no1. The summed E-state index contributed by atoms with van der Waals surface area (Å²) in [6, 6.07) is 11.6. The predicted octanol–water partition coefficient (Wildman–Crippen LogP) is 2.65. The number of carbonyl (C=O) groups excluding carboxylic acids is 1. The molecule has 0 bridgehead atoms. The number of nitrogens with zero attached hydrogens (tertiary/aromatic N) is 1. The van der Waals surface area contributed by atoms with Gasteiger partial charge in [0.25, 0.3) is 0 Å². The molecule has 1 saturated carbocycles. The number of nitrogens with one attached hydrogen (secondary N) is 1. The lowest BCUT2D eigenvalue weighted by atomic mass is 9.95. The van der Waals surface area contributed by atoms with E-state index in [1.54, 1.807) is 13.0 Å². The molecular formula is C14H14N2O2. The van der Waals surface area contributed by atoms with Crippen LogP contribution in [0.25, 0.3) is 0 Å². The fourth-order valence-electron chi connectivity index (χ4n) is 2.19. The molecule has 3 rings (SSSR count). The van der Waals surface area contributed by atoms with E-state index in [0.717, 1.165) is 18.4 Å². The van der Waals surface area contributed by atoms with Crippen LogP contribution in [-0.2, 0) is 10.2 Å². The van der Waals surface area contributed by atoms with E-state index in [1.165, 1.54) is 0 Å². The van der Waals surface area contributed by atoms with Crippen LogP contribution in [0.2, 0.25) is 0 Å². The lowest BCUT2D eigenvalue weighted by Gasteiger charge is -2.14. The summed E-state index contributed by atoms with van der Waals surface area (Å²) < 4.78 is 4.94. The Bertz CT molecular complexity index is 570. The van der Waals surface area contributed by atoms with Gasteiger partial charge in [-0.05, 0) is 25.3 Å². The second-order valence-corrected chi connectivity index (χ2v) is 4.73. The van der Waals surface area contributed by atoms with Gasteiger partial charge in [-0.15, -0.1) is 0 Å². The van der Waals surface area contributed by atoms with Gasteiger partial charge in [0.2, 0.25) is 5.91 Å². The fraction of sp³-hybridized carbons (Fsp3) is 0.286. The van der Waals surface area contributed by atoms with E-state index in [0.29, 0.717) is 11.6 Å². The molecular weight excluding hydrogens is 228 g/mol. The topological polar surface area (TPSA) is 55.1 Å². The number of rotatable bonds is 3. The van der Waals surface area contributed by atoms with E-state index in [9.17, 15) is 4.79 Å². The number of aromatic nitrogens is 1. The van der Waals surface area contributed by atoms with Crippen molar-refractivity contribution in [1.82, 2.24) is 5.16 Å². The Balaban J connectivity index is 1.81. The third kappa shape index (κ3) is 1.79. The van der Waals surface area contributed by atoms with Crippen molar-refractivity contribution in [2.45, 2.75) is 25.2 Å². The number of amides is 1. The van der Waals surface area contributed by atoms with Crippen LogP contribution in [0.1, 0.15) is 24.2 Å². The normalized spacial score (nSPS) is 16.3. The zero-order chi connectivity index (χ0) is 12.6. The van der Waals surface area contributed by atoms with Crippen LogP contribution in [0.4, 0.5) is 5.82 Å². The molecule has 0 aliphatic heterocycles. The molecule has 4 nitrogen and oxygen atoms in total. The molecule has 1 aliphatic carbocycles. The molecule has 0 unspecified atom stereocenters. The van der Waals surface area contributed by atoms with Gasteiger partial charge >= 0.3 is 0 Å². The van der Waals surface area contributed by atoms with Crippen LogP contribution in [0.15, 0.2) is 40.9 Å². The van der Waals surface area contributed by atoms with E-state index in [1.807, 2.05) is 30.3 Å². The Labute approximate surface area is 105 Å². The summed E-state index contributed by atoms with van der Waals surface area (Å²) >= 11 is 0. The van der Waals surface area contributed by atoms with Crippen LogP contribution < -0.4 is 5.32 Å². The molecule has 4 heteroatoms. The summed E-state index contributed by atoms with van der Waals surface area (Å²) in [5.74, 6) is 1.18. The minimum Gasteiger partial charge on any atom is -0.360 e. The van der Waals surface area contributed by atoms with E-state index in [2.05, 4.69) is 10.5 Å². The number of benzene rings is 1. The summed E-state index contributed by atoms with van der Waals surface area (Å²) in [6.07, 6.45) is 1.78. The van der Waals surface area contributed by atoms with Crippen LogP contribution >= 0.6 is 0 Å². The molecule has 0 saturated heterocycles. The Morgan fingerprint density at radius 1 is 1.33 bits per heavy atom. The maximum Gasteiger partial charge on any atom is 0.236 e. The number of carbonyl (C=O) groups is 1. The molecule has 2 aromatic rings. The first-order chi connectivity index (χ1) is 8.71. The standard InChI is InChI=1S/C14H14N2O2/c1-10-9-12(16-18-10)15-13(17)14(7-8-14)11-5-3-2-4-6-11/h2-6,9H,7-8H2,1H3,(H,15,16,17). The van der Waals surface area contributed by atoms with Gasteiger partial charge in [0.05, 0.1) is 5.41 Å². The molecule has 1 N–H and O–H groups in total. The maximum atomic E-state index is 12.3. The summed E-state index contributed by atoms with van der Waals surface area (Å²) in [4.78, 5) is 12.3. The molecule has 0 atom stereocenters. The zero-order valence-electron chi connectivity index (χ0n) is 10.1. The van der Waals surface area contributed by atoms with Crippen LogP contribution in [0.5, 0.6) is 0 Å². The van der Waals surface area contributed by atoms with Gasteiger partial charge in [0.1, 0.15) is 5.76 Å². The minimum absolute atomic E-state index is 0.00185. The van der Waals surface area contributed by atoms with Crippen molar-refractivity contribution < 1.29 is 9.32 Å². The first kappa shape index (κ1) is 11.0. The lowest BCUT2D eigenvalue weighted by Crippen LogP contribution is -2.27. The average Bonchev–Trinajstić information content (AvgIpc) is 3.10. The summed E-state index contributed by atoms with van der Waals surface area (Å²) in [5.41, 5.74) is 0.705. The molecule has 1 fully saturated rings. The van der Waals surface area contributed by atoms with E-state index < -0.39 is 0 Å². The zero-order valence-corrected chi connectivity index (χ0v) is 10.1. The maximum absolute atomic E-state index is 12.3. The first-order valence-corrected chi connectivity index (χ1v) is 6.01. The molecule has 1 aromatic heterocycles. The van der Waals surface area contributed by atoms with Gasteiger partial charge < -0.3 is 9.84 Å². The van der Waals surface area contributed by atoms with Crippen molar-refractivity contribution in [3.63, 3.8) is 0 Å². The Kier molecular flexibility index (Phi) is 2.44. The van der Waals surface area contributed by atoms with Crippen molar-refractivity contribution in [3.05, 3.63) is 47.7 Å². The van der Waals surface area contributed by atoms with Gasteiger partial charge in [-0.25, -0.2) is 0 Å². The summed E-state index contributed by atoms with van der Waals surface area (Å²) in [5, 5.41) is 6.60. The third-order valence-electron chi connectivity index (χ3n) is 3.38. The molecule has 1 aromatic carbocycles. The van der Waals surface area contributed by atoms with E-state index in [4.69, 9.17) is 4.52 Å². The van der Waals surface area contributed by atoms with Gasteiger partial charge in [0.15, 0.2) is 5.82 Å². The van der Waals surface area contributed by atoms with Crippen molar-refractivity contribution in [2.24, 2.45) is 0 Å². The number of hydrogen-bond acceptors (Lipinski definition) is 3. The minimum atomic E-state index is -0.367. The Morgan fingerprint density at radius 3 is 2.61 bits per heavy atom. The second-order valence-electron chi connectivity index (χ2n) is 4.73. The number of hydrogen-bond donors (Lipinski definition) is 1. The summed E-state index contributed by atoms with van der Waals surface area (Å²) in [7, 11) is 0. The number of anilines is 1. The fourth-order valence-corrected chi connectivity index (χ4v) is 2.19. The lowest BCUT2D eigenvalue weighted by molar-refractivity contribution is -0.118. The van der Waals surface area contributed by atoms with Gasteiger partial charge in [-0.3, -0.25) is 4.79 Å². The van der Waals surface area contributed by atoms with Crippen molar-refractivity contribution in [3.8, 4) is 0 Å². The van der Waals surface area contributed by atoms with Crippen molar-refractivity contribution >= 4 is 11.7 Å². The highest BCUT2D eigenvalue weighted by molar-refractivity contribution is 6.00. The molecule has 0 radical (unpaired) electrons. The molecule has 18 heavy (non-hydrogen) atoms. The van der Waals surface area contributed by atoms with Gasteiger partial charge in [-0.2, -0.15) is 0 Å². The smallest absolute Gasteiger partial charge is 0.236 e. The number of aryl methyl sites for hydroxylation is 1.